The number of nitrogens with zero attached hydrogens (tertiary/aromatic N) is 1. The van der Waals surface area contributed by atoms with Gasteiger partial charge in [-0.15, -0.1) is 0 Å². The highest BCUT2D eigenvalue weighted by Gasteiger charge is 2.44. The van der Waals surface area contributed by atoms with Crippen LogP contribution in [-0.4, -0.2) is 29.0 Å². The predicted octanol–water partition coefficient (Wildman–Crippen LogP) is 3.74. The van der Waals surface area contributed by atoms with E-state index in [0.717, 1.165) is 37.1 Å². The fourth-order valence-corrected chi connectivity index (χ4v) is 3.53. The van der Waals surface area contributed by atoms with Crippen molar-refractivity contribution in [3.05, 3.63) is 30.1 Å². The lowest BCUT2D eigenvalue weighted by Gasteiger charge is -2.14. The topological polar surface area (TPSA) is 38.7 Å². The third-order valence-corrected chi connectivity index (χ3v) is 5.28. The standard InChI is InChI=1S/C13H15F4NO2S/c14-10-3-5-12(6-4-10)21(19,13(15,16)17)18-8-7-11-2-1-9-20-11/h3-6,11H,1-2,7-9H2/t11-,21+/m1/s1. The van der Waals surface area contributed by atoms with E-state index in [9.17, 15) is 21.8 Å². The van der Waals surface area contributed by atoms with Crippen LogP contribution >= 0.6 is 0 Å². The highest BCUT2D eigenvalue weighted by molar-refractivity contribution is 7.94. The SMILES string of the molecule is O=[S@@](=NCC[C@H]1CCCO1)(c1ccc(F)cc1)C(F)(F)F. The molecular formula is C13H15F4NO2S. The highest BCUT2D eigenvalue weighted by Crippen LogP contribution is 2.33. The van der Waals surface area contributed by atoms with Crippen molar-refractivity contribution in [2.24, 2.45) is 4.36 Å². The van der Waals surface area contributed by atoms with Gasteiger partial charge >= 0.3 is 5.51 Å². The van der Waals surface area contributed by atoms with Crippen LogP contribution in [0.4, 0.5) is 17.6 Å². The maximum Gasteiger partial charge on any atom is 0.483 e. The second kappa shape index (κ2) is 6.31. The van der Waals surface area contributed by atoms with Gasteiger partial charge in [0.1, 0.15) is 5.82 Å². The zero-order chi connectivity index (χ0) is 15.5. The summed E-state index contributed by atoms with van der Waals surface area (Å²) in [6.45, 7) is 0.387. The van der Waals surface area contributed by atoms with Crippen LogP contribution in [0.15, 0.2) is 33.5 Å². The highest BCUT2D eigenvalue weighted by atomic mass is 32.2. The van der Waals surface area contributed by atoms with Crippen molar-refractivity contribution in [3.63, 3.8) is 0 Å². The average molecular weight is 325 g/mol. The summed E-state index contributed by atoms with van der Waals surface area (Å²) in [5, 5.41) is 0. The molecule has 118 valence electrons. The molecule has 3 nitrogen and oxygen atoms in total. The Bertz CT molecular complexity index is 585. The van der Waals surface area contributed by atoms with Gasteiger partial charge in [-0.1, -0.05) is 0 Å². The summed E-state index contributed by atoms with van der Waals surface area (Å²) in [7, 11) is -4.59. The normalized spacial score (nSPS) is 22.0. The molecule has 1 aromatic carbocycles. The lowest BCUT2D eigenvalue weighted by molar-refractivity contribution is -0.0404. The van der Waals surface area contributed by atoms with Crippen LogP contribution in [0.2, 0.25) is 0 Å². The quantitative estimate of drug-likeness (QED) is 0.791. The molecule has 0 spiro atoms. The molecule has 0 saturated carbocycles. The fourth-order valence-electron chi connectivity index (χ4n) is 2.10. The number of ether oxygens (including phenoxy) is 1. The largest absolute Gasteiger partial charge is 0.483 e. The number of halogens is 4. The Morgan fingerprint density at radius 1 is 1.29 bits per heavy atom. The maximum absolute atomic E-state index is 13.1. The Morgan fingerprint density at radius 3 is 2.48 bits per heavy atom. The van der Waals surface area contributed by atoms with Gasteiger partial charge in [0.05, 0.1) is 17.5 Å². The van der Waals surface area contributed by atoms with E-state index >= 15 is 0 Å². The summed E-state index contributed by atoms with van der Waals surface area (Å²) in [5.74, 6) is -0.693. The third-order valence-electron chi connectivity index (χ3n) is 3.20. The van der Waals surface area contributed by atoms with Crippen molar-refractivity contribution < 1.29 is 26.5 Å². The van der Waals surface area contributed by atoms with E-state index in [1.165, 1.54) is 0 Å². The van der Waals surface area contributed by atoms with E-state index in [2.05, 4.69) is 4.36 Å². The number of alkyl halides is 3. The van der Waals surface area contributed by atoms with Gasteiger partial charge in [0.15, 0.2) is 9.73 Å². The number of hydrogen-bond donors (Lipinski definition) is 0. The van der Waals surface area contributed by atoms with Crippen LogP contribution in [-0.2, 0) is 14.5 Å². The Morgan fingerprint density at radius 2 is 1.95 bits per heavy atom. The minimum absolute atomic E-state index is 0.126. The number of rotatable bonds is 4. The van der Waals surface area contributed by atoms with Crippen molar-refractivity contribution in [1.29, 1.82) is 0 Å². The van der Waals surface area contributed by atoms with Crippen molar-refractivity contribution >= 4 is 9.73 Å². The molecule has 21 heavy (non-hydrogen) atoms. The van der Waals surface area contributed by atoms with Crippen molar-refractivity contribution in [1.82, 2.24) is 0 Å². The van der Waals surface area contributed by atoms with Crippen LogP contribution in [0.5, 0.6) is 0 Å². The van der Waals surface area contributed by atoms with Crippen LogP contribution in [0.3, 0.4) is 0 Å². The molecule has 0 aliphatic carbocycles. The fraction of sp³-hybridized carbons (Fsp3) is 0.538. The first-order valence-corrected chi connectivity index (χ1v) is 8.01. The van der Waals surface area contributed by atoms with Crippen molar-refractivity contribution in [3.8, 4) is 0 Å². The summed E-state index contributed by atoms with van der Waals surface area (Å²) < 4.78 is 73.0. The van der Waals surface area contributed by atoms with E-state index < -0.39 is 26.0 Å². The average Bonchev–Trinajstić information content (AvgIpc) is 2.91. The van der Waals surface area contributed by atoms with E-state index in [1.54, 1.807) is 0 Å². The molecular weight excluding hydrogens is 310 g/mol. The van der Waals surface area contributed by atoms with Gasteiger partial charge in [-0.25, -0.2) is 13.0 Å². The third kappa shape index (κ3) is 3.74. The molecule has 1 aliphatic heterocycles. The lowest BCUT2D eigenvalue weighted by atomic mass is 10.2. The molecule has 1 saturated heterocycles. The summed E-state index contributed by atoms with van der Waals surface area (Å²) in [6.07, 6.45) is 1.82. The van der Waals surface area contributed by atoms with E-state index in [0.29, 0.717) is 13.0 Å². The van der Waals surface area contributed by atoms with Gasteiger partial charge in [-0.05, 0) is 43.5 Å². The summed E-state index contributed by atoms with van der Waals surface area (Å²) >= 11 is 0. The minimum Gasteiger partial charge on any atom is -0.378 e. The molecule has 1 fully saturated rings. The molecule has 2 atom stereocenters. The molecule has 0 bridgehead atoms. The molecule has 0 radical (unpaired) electrons. The first-order chi connectivity index (χ1) is 9.83. The van der Waals surface area contributed by atoms with E-state index in [1.807, 2.05) is 0 Å². The molecule has 0 aromatic heterocycles. The van der Waals surface area contributed by atoms with Gasteiger partial charge in [0.2, 0.25) is 0 Å². The Kier molecular flexibility index (Phi) is 4.88. The lowest BCUT2D eigenvalue weighted by Crippen LogP contribution is -2.24. The van der Waals surface area contributed by atoms with Gasteiger partial charge in [0.25, 0.3) is 0 Å². The molecule has 1 aromatic rings. The zero-order valence-corrected chi connectivity index (χ0v) is 11.9. The first-order valence-electron chi connectivity index (χ1n) is 6.49. The molecule has 8 heteroatoms. The number of hydrogen-bond acceptors (Lipinski definition) is 3. The summed E-state index contributed by atoms with van der Waals surface area (Å²) in [6, 6.07) is 3.41. The van der Waals surface area contributed by atoms with Gasteiger partial charge in [-0.3, -0.25) is 0 Å². The smallest absolute Gasteiger partial charge is 0.378 e. The molecule has 2 rings (SSSR count). The van der Waals surface area contributed by atoms with Crippen LogP contribution < -0.4 is 0 Å². The van der Waals surface area contributed by atoms with E-state index in [-0.39, 0.29) is 12.6 Å². The molecule has 0 amide bonds. The zero-order valence-electron chi connectivity index (χ0n) is 11.1. The molecule has 0 N–H and O–H groups in total. The first kappa shape index (κ1) is 16.2. The van der Waals surface area contributed by atoms with Gasteiger partial charge < -0.3 is 4.74 Å². The van der Waals surface area contributed by atoms with Crippen LogP contribution in [0.1, 0.15) is 19.3 Å². The molecule has 1 heterocycles. The summed E-state index contributed by atoms with van der Waals surface area (Å²) in [5.41, 5.74) is -5.00. The predicted molar refractivity (Wildman–Crippen MR) is 69.7 cm³/mol. The monoisotopic (exact) mass is 325 g/mol. The Labute approximate surface area is 120 Å². The second-order valence-corrected chi connectivity index (χ2v) is 6.95. The molecule has 1 aliphatic rings. The summed E-state index contributed by atoms with van der Waals surface area (Å²) in [4.78, 5) is -0.524. The minimum atomic E-state index is -5.00. The Hall–Kier alpha value is -1.15. The molecule has 0 unspecified atom stereocenters. The van der Waals surface area contributed by atoms with E-state index in [4.69, 9.17) is 4.74 Å². The van der Waals surface area contributed by atoms with Crippen molar-refractivity contribution in [2.75, 3.05) is 13.2 Å². The van der Waals surface area contributed by atoms with Crippen LogP contribution in [0.25, 0.3) is 0 Å². The van der Waals surface area contributed by atoms with Crippen molar-refractivity contribution in [2.45, 2.75) is 35.8 Å². The van der Waals surface area contributed by atoms with Gasteiger partial charge in [-0.2, -0.15) is 13.2 Å². The second-order valence-electron chi connectivity index (χ2n) is 4.70. The van der Waals surface area contributed by atoms with Crippen LogP contribution in [0, 0.1) is 5.82 Å². The van der Waals surface area contributed by atoms with Gasteiger partial charge in [0, 0.05) is 6.61 Å². The maximum atomic E-state index is 13.1. The number of benzene rings is 1. The Balaban J connectivity index is 2.24.